The Labute approximate surface area is 207 Å². The standard InChI is InChI=1S/C27H32N2O5S/c1-18-8-7-9-19(2)26(18)29(35(6,31)32)17-21-10-12-22(13-11-21)27(30)28-20(3)24-16-23(33-4)14-15-25(24)34-5/h7-16,20H,17H2,1-6H3,(H,28,30). The molecule has 1 atom stereocenters. The van der Waals surface area contributed by atoms with Crippen LogP contribution in [0.5, 0.6) is 11.5 Å². The first kappa shape index (κ1) is 26.1. The van der Waals surface area contributed by atoms with E-state index in [0.717, 1.165) is 22.3 Å². The van der Waals surface area contributed by atoms with E-state index in [2.05, 4.69) is 5.32 Å². The van der Waals surface area contributed by atoms with Gasteiger partial charge in [0.15, 0.2) is 0 Å². The normalized spacial score (nSPS) is 12.1. The van der Waals surface area contributed by atoms with Crippen LogP contribution in [0.3, 0.4) is 0 Å². The number of ether oxygens (including phenoxy) is 2. The molecule has 3 aromatic rings. The third kappa shape index (κ3) is 6.14. The quantitative estimate of drug-likeness (QED) is 0.461. The van der Waals surface area contributed by atoms with Gasteiger partial charge >= 0.3 is 0 Å². The van der Waals surface area contributed by atoms with Gasteiger partial charge in [0.05, 0.1) is 38.7 Å². The number of benzene rings is 3. The number of anilines is 1. The second kappa shape index (κ2) is 10.8. The summed E-state index contributed by atoms with van der Waals surface area (Å²) in [5, 5.41) is 2.98. The zero-order chi connectivity index (χ0) is 25.8. The molecule has 0 heterocycles. The number of methoxy groups -OCH3 is 2. The van der Waals surface area contributed by atoms with Gasteiger partial charge in [-0.1, -0.05) is 30.3 Å². The van der Waals surface area contributed by atoms with Gasteiger partial charge in [0.25, 0.3) is 5.91 Å². The number of rotatable bonds is 9. The van der Waals surface area contributed by atoms with Crippen LogP contribution in [-0.4, -0.2) is 34.8 Å². The first-order valence-electron chi connectivity index (χ1n) is 11.2. The summed E-state index contributed by atoms with van der Waals surface area (Å²) < 4.78 is 37.4. The van der Waals surface area contributed by atoms with Crippen molar-refractivity contribution in [3.8, 4) is 11.5 Å². The van der Waals surface area contributed by atoms with Crippen LogP contribution in [0.25, 0.3) is 0 Å². The first-order chi connectivity index (χ1) is 16.5. The van der Waals surface area contributed by atoms with Crippen molar-refractivity contribution < 1.29 is 22.7 Å². The maximum absolute atomic E-state index is 12.9. The number of aryl methyl sites for hydroxylation is 2. The molecule has 35 heavy (non-hydrogen) atoms. The van der Waals surface area contributed by atoms with Crippen LogP contribution < -0.4 is 19.1 Å². The van der Waals surface area contributed by atoms with Crippen LogP contribution >= 0.6 is 0 Å². The minimum Gasteiger partial charge on any atom is -0.497 e. The van der Waals surface area contributed by atoms with Crippen LogP contribution in [0, 0.1) is 13.8 Å². The molecule has 8 heteroatoms. The third-order valence-electron chi connectivity index (χ3n) is 5.88. The van der Waals surface area contributed by atoms with Gasteiger partial charge in [0.2, 0.25) is 10.0 Å². The summed E-state index contributed by atoms with van der Waals surface area (Å²) in [6.07, 6.45) is 1.20. The molecule has 0 aliphatic carbocycles. The molecule has 7 nitrogen and oxygen atoms in total. The number of carbonyl (C=O) groups is 1. The number of nitrogens with zero attached hydrogens (tertiary/aromatic N) is 1. The molecular weight excluding hydrogens is 464 g/mol. The van der Waals surface area contributed by atoms with Gasteiger partial charge in [-0.3, -0.25) is 9.10 Å². The van der Waals surface area contributed by atoms with Crippen molar-refractivity contribution in [3.05, 3.63) is 88.5 Å². The average Bonchev–Trinajstić information content (AvgIpc) is 2.82. The SMILES string of the molecule is COc1ccc(OC)c(C(C)NC(=O)c2ccc(CN(c3c(C)cccc3C)S(C)(=O)=O)cc2)c1. The lowest BCUT2D eigenvalue weighted by molar-refractivity contribution is 0.0939. The highest BCUT2D eigenvalue weighted by Crippen LogP contribution is 2.30. The molecule has 3 rings (SSSR count). The Morgan fingerprint density at radius 3 is 2.14 bits per heavy atom. The van der Waals surface area contributed by atoms with Crippen molar-refractivity contribution in [3.63, 3.8) is 0 Å². The second-order valence-corrected chi connectivity index (χ2v) is 10.4. The number of carbonyl (C=O) groups excluding carboxylic acids is 1. The molecule has 0 aromatic heterocycles. The Hall–Kier alpha value is -3.52. The van der Waals surface area contributed by atoms with Crippen molar-refractivity contribution in [2.75, 3.05) is 24.8 Å². The number of hydrogen-bond acceptors (Lipinski definition) is 5. The molecule has 1 N–H and O–H groups in total. The van der Waals surface area contributed by atoms with E-state index in [1.807, 2.05) is 45.0 Å². The van der Waals surface area contributed by atoms with Crippen molar-refractivity contribution in [2.24, 2.45) is 0 Å². The third-order valence-corrected chi connectivity index (χ3v) is 6.99. The van der Waals surface area contributed by atoms with Gasteiger partial charge in [-0.25, -0.2) is 8.42 Å². The summed E-state index contributed by atoms with van der Waals surface area (Å²) in [7, 11) is -0.349. The molecule has 1 amide bonds. The summed E-state index contributed by atoms with van der Waals surface area (Å²) >= 11 is 0. The van der Waals surface area contributed by atoms with E-state index >= 15 is 0 Å². The maximum atomic E-state index is 12.9. The van der Waals surface area contributed by atoms with Crippen molar-refractivity contribution in [1.29, 1.82) is 0 Å². The average molecular weight is 497 g/mol. The van der Waals surface area contributed by atoms with Gasteiger partial charge in [0, 0.05) is 11.1 Å². The molecule has 0 aliphatic heterocycles. The van der Waals surface area contributed by atoms with Crippen LogP contribution in [-0.2, 0) is 16.6 Å². The number of nitrogens with one attached hydrogen (secondary N) is 1. The lowest BCUT2D eigenvalue weighted by Crippen LogP contribution is -2.30. The molecule has 186 valence electrons. The highest BCUT2D eigenvalue weighted by atomic mass is 32.2. The number of para-hydroxylation sites is 1. The van der Waals surface area contributed by atoms with E-state index in [-0.39, 0.29) is 18.5 Å². The van der Waals surface area contributed by atoms with E-state index in [9.17, 15) is 13.2 Å². The second-order valence-electron chi connectivity index (χ2n) is 8.51. The summed E-state index contributed by atoms with van der Waals surface area (Å²) in [4.78, 5) is 12.9. The summed E-state index contributed by atoms with van der Waals surface area (Å²) in [5.74, 6) is 1.08. The van der Waals surface area contributed by atoms with E-state index in [1.54, 1.807) is 50.6 Å². The Morgan fingerprint density at radius 2 is 1.60 bits per heavy atom. The lowest BCUT2D eigenvalue weighted by atomic mass is 10.1. The molecule has 3 aromatic carbocycles. The smallest absolute Gasteiger partial charge is 0.251 e. The topological polar surface area (TPSA) is 84.9 Å². The Morgan fingerprint density at radius 1 is 0.971 bits per heavy atom. The highest BCUT2D eigenvalue weighted by molar-refractivity contribution is 7.92. The minimum absolute atomic E-state index is 0.170. The fraction of sp³-hybridized carbons (Fsp3) is 0.296. The van der Waals surface area contributed by atoms with Crippen LogP contribution in [0.1, 0.15) is 45.6 Å². The molecule has 0 fully saturated rings. The first-order valence-corrected chi connectivity index (χ1v) is 13.1. The van der Waals surface area contributed by atoms with Crippen molar-refractivity contribution in [2.45, 2.75) is 33.4 Å². The summed E-state index contributed by atoms with van der Waals surface area (Å²) in [6, 6.07) is 17.8. The Kier molecular flexibility index (Phi) is 8.07. The maximum Gasteiger partial charge on any atom is 0.251 e. The Balaban J connectivity index is 1.79. The molecule has 0 radical (unpaired) electrons. The summed E-state index contributed by atoms with van der Waals surface area (Å²) in [5.41, 5.74) is 4.49. The fourth-order valence-electron chi connectivity index (χ4n) is 4.02. The van der Waals surface area contributed by atoms with Crippen LogP contribution in [0.4, 0.5) is 5.69 Å². The van der Waals surface area contributed by atoms with Gasteiger partial charge < -0.3 is 14.8 Å². The predicted octanol–water partition coefficient (Wildman–Crippen LogP) is 4.78. The van der Waals surface area contributed by atoms with E-state index in [1.165, 1.54) is 10.6 Å². The molecule has 0 aliphatic rings. The minimum atomic E-state index is -3.51. The van der Waals surface area contributed by atoms with Crippen LogP contribution in [0.15, 0.2) is 60.7 Å². The van der Waals surface area contributed by atoms with Gasteiger partial charge in [-0.15, -0.1) is 0 Å². The van der Waals surface area contributed by atoms with Gasteiger partial charge in [0.1, 0.15) is 11.5 Å². The van der Waals surface area contributed by atoms with Crippen LogP contribution in [0.2, 0.25) is 0 Å². The molecular formula is C27H32N2O5S. The predicted molar refractivity (Wildman–Crippen MR) is 139 cm³/mol. The largest absolute Gasteiger partial charge is 0.497 e. The van der Waals surface area contributed by atoms with Crippen molar-refractivity contribution >= 4 is 21.6 Å². The van der Waals surface area contributed by atoms with Crippen molar-refractivity contribution in [1.82, 2.24) is 5.32 Å². The van der Waals surface area contributed by atoms with Gasteiger partial charge in [-0.05, 0) is 67.8 Å². The molecule has 0 saturated carbocycles. The molecule has 0 saturated heterocycles. The summed E-state index contributed by atoms with van der Waals surface area (Å²) in [6.45, 7) is 5.83. The molecule has 0 bridgehead atoms. The number of amides is 1. The fourth-order valence-corrected chi connectivity index (χ4v) is 5.03. The van der Waals surface area contributed by atoms with E-state index in [4.69, 9.17) is 9.47 Å². The van der Waals surface area contributed by atoms with Gasteiger partial charge in [-0.2, -0.15) is 0 Å². The number of hydrogen-bond donors (Lipinski definition) is 1. The number of sulfonamides is 1. The molecule has 1 unspecified atom stereocenters. The molecule has 0 spiro atoms. The zero-order valence-corrected chi connectivity index (χ0v) is 21.8. The van der Waals surface area contributed by atoms with E-state index < -0.39 is 10.0 Å². The monoisotopic (exact) mass is 496 g/mol. The highest BCUT2D eigenvalue weighted by Gasteiger charge is 2.22. The Bertz CT molecular complexity index is 1280. The zero-order valence-electron chi connectivity index (χ0n) is 21.0. The van der Waals surface area contributed by atoms with E-state index in [0.29, 0.717) is 22.7 Å². The lowest BCUT2D eigenvalue weighted by Gasteiger charge is -2.26.